The smallest absolute Gasteiger partial charge is 0.120 e. The molecule has 1 N–H and O–H groups in total. The van der Waals surface area contributed by atoms with E-state index in [9.17, 15) is 0 Å². The van der Waals surface area contributed by atoms with Crippen molar-refractivity contribution in [2.24, 2.45) is 0 Å². The third-order valence-electron chi connectivity index (χ3n) is 3.88. The molecule has 0 saturated carbocycles. The Morgan fingerprint density at radius 1 is 0.958 bits per heavy atom. The Morgan fingerprint density at radius 2 is 1.71 bits per heavy atom. The molecular formula is C20H25Cl2NO. The van der Waals surface area contributed by atoms with Crippen LogP contribution in [0, 0.1) is 0 Å². The van der Waals surface area contributed by atoms with Crippen LogP contribution < -0.4 is 10.1 Å². The van der Waals surface area contributed by atoms with E-state index >= 15 is 0 Å². The molecule has 0 saturated heterocycles. The van der Waals surface area contributed by atoms with Crippen LogP contribution in [0.2, 0.25) is 10.0 Å². The first-order chi connectivity index (χ1) is 11.7. The van der Waals surface area contributed by atoms with Crippen LogP contribution in [0.25, 0.3) is 0 Å². The van der Waals surface area contributed by atoms with Gasteiger partial charge in [-0.1, -0.05) is 67.6 Å². The van der Waals surface area contributed by atoms with Gasteiger partial charge in [0.1, 0.15) is 12.4 Å². The van der Waals surface area contributed by atoms with Gasteiger partial charge in [0.2, 0.25) is 0 Å². The van der Waals surface area contributed by atoms with Crippen LogP contribution in [0.15, 0.2) is 42.5 Å². The fourth-order valence-electron chi connectivity index (χ4n) is 2.48. The molecule has 0 unspecified atom stereocenters. The maximum Gasteiger partial charge on any atom is 0.120 e. The number of rotatable bonds is 10. The van der Waals surface area contributed by atoms with E-state index in [0.29, 0.717) is 16.7 Å². The highest BCUT2D eigenvalue weighted by molar-refractivity contribution is 6.35. The summed E-state index contributed by atoms with van der Waals surface area (Å²) in [5.74, 6) is 0.830. The Kier molecular flexibility index (Phi) is 8.44. The zero-order chi connectivity index (χ0) is 17.2. The molecule has 4 heteroatoms. The monoisotopic (exact) mass is 365 g/mol. The van der Waals surface area contributed by atoms with Crippen molar-refractivity contribution in [2.75, 3.05) is 6.54 Å². The molecule has 24 heavy (non-hydrogen) atoms. The zero-order valence-electron chi connectivity index (χ0n) is 14.2. The van der Waals surface area contributed by atoms with Gasteiger partial charge in [-0.3, -0.25) is 0 Å². The molecule has 0 atom stereocenters. The van der Waals surface area contributed by atoms with Crippen LogP contribution >= 0.6 is 23.2 Å². The number of ether oxygens (including phenoxy) is 1. The largest absolute Gasteiger partial charge is 0.489 e. The number of benzene rings is 2. The molecule has 2 aromatic carbocycles. The number of halogens is 2. The molecule has 0 bridgehead atoms. The molecule has 2 rings (SSSR count). The Morgan fingerprint density at radius 3 is 2.46 bits per heavy atom. The van der Waals surface area contributed by atoms with Gasteiger partial charge < -0.3 is 10.1 Å². The second kappa shape index (κ2) is 10.6. The molecule has 0 fully saturated rings. The van der Waals surface area contributed by atoms with Gasteiger partial charge in [0.25, 0.3) is 0 Å². The van der Waals surface area contributed by atoms with Gasteiger partial charge in [0, 0.05) is 22.2 Å². The van der Waals surface area contributed by atoms with E-state index in [2.05, 4.69) is 24.4 Å². The summed E-state index contributed by atoms with van der Waals surface area (Å²) in [6.07, 6.45) is 5.12. The van der Waals surface area contributed by atoms with Crippen LogP contribution in [0.5, 0.6) is 5.75 Å². The van der Waals surface area contributed by atoms with E-state index in [1.54, 1.807) is 0 Å². The predicted octanol–water partition coefficient (Wildman–Crippen LogP) is 6.24. The van der Waals surface area contributed by atoms with Crippen molar-refractivity contribution in [1.29, 1.82) is 0 Å². The van der Waals surface area contributed by atoms with Crippen LogP contribution in [0.1, 0.15) is 43.7 Å². The molecule has 0 aliphatic carbocycles. The van der Waals surface area contributed by atoms with Gasteiger partial charge >= 0.3 is 0 Å². The Labute approximate surface area is 155 Å². The minimum Gasteiger partial charge on any atom is -0.489 e. The molecule has 0 aliphatic rings. The quantitative estimate of drug-likeness (QED) is 0.503. The molecule has 0 heterocycles. The van der Waals surface area contributed by atoms with Crippen LogP contribution in [0.4, 0.5) is 0 Å². The number of unbranched alkanes of at least 4 members (excludes halogenated alkanes) is 3. The molecule has 0 spiro atoms. The molecule has 0 radical (unpaired) electrons. The van der Waals surface area contributed by atoms with Crippen LogP contribution in [0.3, 0.4) is 0 Å². The van der Waals surface area contributed by atoms with Crippen LogP contribution in [-0.4, -0.2) is 6.54 Å². The summed E-state index contributed by atoms with van der Waals surface area (Å²) >= 11 is 12.3. The minimum atomic E-state index is 0.367. The summed E-state index contributed by atoms with van der Waals surface area (Å²) in [4.78, 5) is 0. The average molecular weight is 366 g/mol. The molecule has 0 aromatic heterocycles. The summed E-state index contributed by atoms with van der Waals surface area (Å²) in [6.45, 7) is 4.51. The van der Waals surface area contributed by atoms with Crippen molar-refractivity contribution in [2.45, 2.75) is 45.8 Å². The molecule has 0 amide bonds. The lowest BCUT2D eigenvalue weighted by Crippen LogP contribution is -2.14. The number of hydrogen-bond acceptors (Lipinski definition) is 2. The zero-order valence-corrected chi connectivity index (χ0v) is 15.7. The van der Waals surface area contributed by atoms with Crippen molar-refractivity contribution in [1.82, 2.24) is 5.32 Å². The molecule has 130 valence electrons. The van der Waals surface area contributed by atoms with Crippen molar-refractivity contribution in [3.05, 3.63) is 63.6 Å². The number of nitrogens with one attached hydrogen (secondary N) is 1. The summed E-state index contributed by atoms with van der Waals surface area (Å²) in [6, 6.07) is 13.6. The first kappa shape index (κ1) is 19.1. The summed E-state index contributed by atoms with van der Waals surface area (Å²) < 4.78 is 5.86. The summed E-state index contributed by atoms with van der Waals surface area (Å²) in [5.41, 5.74) is 2.04. The van der Waals surface area contributed by atoms with E-state index in [1.807, 2.05) is 30.3 Å². The van der Waals surface area contributed by atoms with Crippen molar-refractivity contribution >= 4 is 23.2 Å². The number of hydrogen-bond donors (Lipinski definition) is 1. The fraction of sp³-hybridized carbons (Fsp3) is 0.400. The van der Waals surface area contributed by atoms with E-state index in [4.69, 9.17) is 27.9 Å². The normalized spacial score (nSPS) is 10.8. The first-order valence-electron chi connectivity index (χ1n) is 8.56. The molecular weight excluding hydrogens is 341 g/mol. The molecule has 2 aromatic rings. The van der Waals surface area contributed by atoms with E-state index in [0.717, 1.165) is 24.4 Å². The standard InChI is InChI=1S/C20H25Cl2NO/c1-2-3-4-5-12-23-14-16-8-6-9-17(13-16)24-15-18-19(21)10-7-11-20(18)22/h6-11,13,23H,2-5,12,14-15H2,1H3. The molecule has 2 nitrogen and oxygen atoms in total. The lowest BCUT2D eigenvalue weighted by molar-refractivity contribution is 0.306. The second-order valence-electron chi connectivity index (χ2n) is 5.87. The Hall–Kier alpha value is -1.22. The Balaban J connectivity index is 1.82. The average Bonchev–Trinajstić information content (AvgIpc) is 2.58. The second-order valence-corrected chi connectivity index (χ2v) is 6.69. The Bertz CT molecular complexity index is 611. The van der Waals surface area contributed by atoms with Gasteiger partial charge in [0.05, 0.1) is 0 Å². The van der Waals surface area contributed by atoms with Gasteiger partial charge in [-0.15, -0.1) is 0 Å². The predicted molar refractivity (Wildman–Crippen MR) is 103 cm³/mol. The van der Waals surface area contributed by atoms with Gasteiger partial charge in [-0.2, -0.15) is 0 Å². The summed E-state index contributed by atoms with van der Waals surface area (Å²) in [7, 11) is 0. The fourth-order valence-corrected chi connectivity index (χ4v) is 2.99. The highest BCUT2D eigenvalue weighted by Gasteiger charge is 2.06. The van der Waals surface area contributed by atoms with Gasteiger partial charge in [-0.25, -0.2) is 0 Å². The van der Waals surface area contributed by atoms with Gasteiger partial charge in [-0.05, 0) is 42.8 Å². The lowest BCUT2D eigenvalue weighted by Gasteiger charge is -2.11. The maximum atomic E-state index is 6.17. The van der Waals surface area contributed by atoms with Crippen molar-refractivity contribution in [3.8, 4) is 5.75 Å². The first-order valence-corrected chi connectivity index (χ1v) is 9.31. The minimum absolute atomic E-state index is 0.367. The highest BCUT2D eigenvalue weighted by atomic mass is 35.5. The highest BCUT2D eigenvalue weighted by Crippen LogP contribution is 2.26. The van der Waals surface area contributed by atoms with E-state index in [1.165, 1.54) is 31.2 Å². The van der Waals surface area contributed by atoms with Crippen molar-refractivity contribution < 1.29 is 4.74 Å². The van der Waals surface area contributed by atoms with Crippen LogP contribution in [-0.2, 0) is 13.2 Å². The third-order valence-corrected chi connectivity index (χ3v) is 4.59. The maximum absolute atomic E-state index is 6.17. The van der Waals surface area contributed by atoms with Crippen molar-refractivity contribution in [3.63, 3.8) is 0 Å². The van der Waals surface area contributed by atoms with E-state index < -0.39 is 0 Å². The van der Waals surface area contributed by atoms with E-state index in [-0.39, 0.29) is 0 Å². The SMILES string of the molecule is CCCCCCNCc1cccc(OCc2c(Cl)cccc2Cl)c1. The molecule has 0 aliphatic heterocycles. The summed E-state index contributed by atoms with van der Waals surface area (Å²) in [5, 5.41) is 4.75. The topological polar surface area (TPSA) is 21.3 Å². The van der Waals surface area contributed by atoms with Gasteiger partial charge in [0.15, 0.2) is 0 Å². The third kappa shape index (κ3) is 6.35. The lowest BCUT2D eigenvalue weighted by atomic mass is 10.2.